The summed E-state index contributed by atoms with van der Waals surface area (Å²) in [4.78, 5) is 11.6. The fourth-order valence-electron chi connectivity index (χ4n) is 2.03. The molecule has 0 fully saturated rings. The van der Waals surface area contributed by atoms with Gasteiger partial charge in [0.2, 0.25) is 0 Å². The van der Waals surface area contributed by atoms with Gasteiger partial charge in [0.05, 0.1) is 13.2 Å². The predicted molar refractivity (Wildman–Crippen MR) is 83.2 cm³/mol. The van der Waals surface area contributed by atoms with E-state index in [1.54, 1.807) is 31.4 Å². The molecule has 0 aliphatic carbocycles. The van der Waals surface area contributed by atoms with Crippen molar-refractivity contribution in [3.63, 3.8) is 0 Å². The van der Waals surface area contributed by atoms with Crippen LogP contribution >= 0.6 is 0 Å². The zero-order valence-corrected chi connectivity index (χ0v) is 12.4. The molecule has 0 radical (unpaired) electrons. The average molecular weight is 301 g/mol. The first kappa shape index (κ1) is 15.9. The normalized spacial score (nSPS) is 11.5. The first-order valence-electron chi connectivity index (χ1n) is 6.99. The van der Waals surface area contributed by atoms with Gasteiger partial charge in [-0.3, -0.25) is 0 Å². The van der Waals surface area contributed by atoms with E-state index in [4.69, 9.17) is 9.47 Å². The topological polar surface area (TPSA) is 67.8 Å². The number of rotatable bonds is 6. The van der Waals surface area contributed by atoms with Gasteiger partial charge in [0.1, 0.15) is 11.5 Å². The molecule has 0 aromatic heterocycles. The number of carbonyl (C=O) groups is 1. The van der Waals surface area contributed by atoms with Crippen LogP contribution in [0.1, 0.15) is 5.56 Å². The summed E-state index contributed by atoms with van der Waals surface area (Å²) in [5, 5.41) is 12.5. The highest BCUT2D eigenvalue weighted by Gasteiger charge is 2.11. The van der Waals surface area contributed by atoms with Crippen molar-refractivity contribution < 1.29 is 19.4 Å². The first-order chi connectivity index (χ1) is 10.7. The van der Waals surface area contributed by atoms with E-state index in [2.05, 4.69) is 5.32 Å². The lowest BCUT2D eigenvalue weighted by Gasteiger charge is -2.14. The number of ether oxygens (including phenoxy) is 2. The van der Waals surface area contributed by atoms with E-state index in [1.807, 2.05) is 30.3 Å². The Morgan fingerprint density at radius 3 is 2.55 bits per heavy atom. The Bertz CT molecular complexity index is 601. The molecule has 0 spiro atoms. The van der Waals surface area contributed by atoms with Crippen molar-refractivity contribution in [1.82, 2.24) is 5.32 Å². The van der Waals surface area contributed by atoms with E-state index in [-0.39, 0.29) is 6.54 Å². The highest BCUT2D eigenvalue weighted by molar-refractivity contribution is 5.70. The van der Waals surface area contributed by atoms with Crippen LogP contribution in [-0.4, -0.2) is 31.0 Å². The third kappa shape index (κ3) is 4.79. The van der Waals surface area contributed by atoms with Gasteiger partial charge in [0.25, 0.3) is 0 Å². The van der Waals surface area contributed by atoms with Gasteiger partial charge in [-0.2, -0.15) is 0 Å². The first-order valence-corrected chi connectivity index (χ1v) is 6.99. The Hall–Kier alpha value is -2.53. The second kappa shape index (κ2) is 8.05. The molecular formula is C17H19NO4. The third-order valence-electron chi connectivity index (χ3n) is 3.08. The molecule has 2 N–H and O–H groups in total. The number of methoxy groups -OCH3 is 1. The summed E-state index contributed by atoms with van der Waals surface area (Å²) in [6, 6.07) is 16.2. The molecular weight excluding hydrogens is 282 g/mol. The fourth-order valence-corrected chi connectivity index (χ4v) is 2.03. The molecule has 2 rings (SSSR count). The number of aliphatic hydroxyl groups is 1. The van der Waals surface area contributed by atoms with E-state index in [9.17, 15) is 9.90 Å². The fraction of sp³-hybridized carbons (Fsp3) is 0.235. The van der Waals surface area contributed by atoms with Crippen LogP contribution in [0.3, 0.4) is 0 Å². The molecule has 116 valence electrons. The Balaban J connectivity index is 1.80. The molecule has 0 aliphatic rings. The van der Waals surface area contributed by atoms with Crippen LogP contribution in [0.5, 0.6) is 11.5 Å². The predicted octanol–water partition coefficient (Wildman–Crippen LogP) is 2.39. The molecule has 0 bridgehead atoms. The van der Waals surface area contributed by atoms with Crippen molar-refractivity contribution in [2.45, 2.75) is 12.5 Å². The molecule has 0 aliphatic heterocycles. The summed E-state index contributed by atoms with van der Waals surface area (Å²) < 4.78 is 10.3. The minimum absolute atomic E-state index is 0.101. The maximum atomic E-state index is 11.6. The molecule has 0 saturated heterocycles. The number of benzene rings is 2. The number of carbonyl (C=O) groups excluding carboxylic acids is 1. The van der Waals surface area contributed by atoms with Crippen LogP contribution in [0.4, 0.5) is 4.79 Å². The second-order valence-electron chi connectivity index (χ2n) is 4.75. The SMILES string of the molecule is COc1ccccc1C[C@@H](O)CNC(=O)Oc1ccccc1. The highest BCUT2D eigenvalue weighted by Crippen LogP contribution is 2.18. The third-order valence-corrected chi connectivity index (χ3v) is 3.08. The maximum Gasteiger partial charge on any atom is 0.412 e. The Morgan fingerprint density at radius 1 is 1.14 bits per heavy atom. The number of hydrogen-bond donors (Lipinski definition) is 2. The minimum Gasteiger partial charge on any atom is -0.496 e. The lowest BCUT2D eigenvalue weighted by Crippen LogP contribution is -2.35. The largest absolute Gasteiger partial charge is 0.496 e. The number of nitrogens with one attached hydrogen (secondary N) is 1. The van der Waals surface area contributed by atoms with Gasteiger partial charge in [-0.15, -0.1) is 0 Å². The summed E-state index contributed by atoms with van der Waals surface area (Å²) in [6.45, 7) is 0.101. The van der Waals surface area contributed by atoms with Gasteiger partial charge < -0.3 is 19.9 Å². The van der Waals surface area contributed by atoms with Crippen LogP contribution in [0, 0.1) is 0 Å². The minimum atomic E-state index is -0.723. The number of hydrogen-bond acceptors (Lipinski definition) is 4. The quantitative estimate of drug-likeness (QED) is 0.859. The molecule has 0 heterocycles. The standard InChI is InChI=1S/C17H19NO4/c1-21-16-10-6-5-7-13(16)11-14(19)12-18-17(20)22-15-8-3-2-4-9-15/h2-10,14,19H,11-12H2,1H3,(H,18,20)/t14-/m1/s1. The lowest BCUT2D eigenvalue weighted by atomic mass is 10.1. The van der Waals surface area contributed by atoms with Gasteiger partial charge in [0, 0.05) is 13.0 Å². The van der Waals surface area contributed by atoms with E-state index in [1.165, 1.54) is 0 Å². The molecule has 22 heavy (non-hydrogen) atoms. The van der Waals surface area contributed by atoms with Gasteiger partial charge in [0.15, 0.2) is 0 Å². The summed E-state index contributed by atoms with van der Waals surface area (Å²) in [5.74, 6) is 1.17. The van der Waals surface area contributed by atoms with Crippen molar-refractivity contribution in [1.29, 1.82) is 0 Å². The molecule has 0 unspecified atom stereocenters. The van der Waals surface area contributed by atoms with Gasteiger partial charge >= 0.3 is 6.09 Å². The van der Waals surface area contributed by atoms with E-state index in [0.29, 0.717) is 17.9 Å². The van der Waals surface area contributed by atoms with Crippen molar-refractivity contribution in [3.05, 3.63) is 60.2 Å². The molecule has 5 nitrogen and oxygen atoms in total. The summed E-state index contributed by atoms with van der Waals surface area (Å²) in [6.07, 6.45) is -0.930. The van der Waals surface area contributed by atoms with Gasteiger partial charge in [-0.05, 0) is 23.8 Å². The number of amides is 1. The van der Waals surface area contributed by atoms with E-state index in [0.717, 1.165) is 5.56 Å². The molecule has 2 aromatic rings. The van der Waals surface area contributed by atoms with Crippen molar-refractivity contribution in [2.75, 3.05) is 13.7 Å². The number of para-hydroxylation sites is 2. The average Bonchev–Trinajstić information content (AvgIpc) is 2.54. The molecule has 1 amide bonds. The van der Waals surface area contributed by atoms with Crippen LogP contribution in [-0.2, 0) is 6.42 Å². The summed E-state index contributed by atoms with van der Waals surface area (Å²) >= 11 is 0. The molecule has 1 atom stereocenters. The smallest absolute Gasteiger partial charge is 0.412 e. The Labute approximate surface area is 129 Å². The van der Waals surface area contributed by atoms with Crippen LogP contribution in [0.15, 0.2) is 54.6 Å². The van der Waals surface area contributed by atoms with E-state index >= 15 is 0 Å². The van der Waals surface area contributed by atoms with E-state index < -0.39 is 12.2 Å². The van der Waals surface area contributed by atoms with Gasteiger partial charge in [-0.1, -0.05) is 36.4 Å². The maximum absolute atomic E-state index is 11.6. The zero-order chi connectivity index (χ0) is 15.8. The highest BCUT2D eigenvalue weighted by atomic mass is 16.6. The lowest BCUT2D eigenvalue weighted by molar-refractivity contribution is 0.159. The molecule has 2 aromatic carbocycles. The Morgan fingerprint density at radius 2 is 1.82 bits per heavy atom. The number of aliphatic hydroxyl groups excluding tert-OH is 1. The van der Waals surface area contributed by atoms with Crippen LogP contribution in [0.25, 0.3) is 0 Å². The Kier molecular flexibility index (Phi) is 5.80. The summed E-state index contributed by atoms with van der Waals surface area (Å²) in [5.41, 5.74) is 0.885. The van der Waals surface area contributed by atoms with Crippen molar-refractivity contribution >= 4 is 6.09 Å². The van der Waals surface area contributed by atoms with Crippen molar-refractivity contribution in [2.24, 2.45) is 0 Å². The zero-order valence-electron chi connectivity index (χ0n) is 12.4. The molecule has 5 heteroatoms. The van der Waals surface area contributed by atoms with Crippen molar-refractivity contribution in [3.8, 4) is 11.5 Å². The van der Waals surface area contributed by atoms with Gasteiger partial charge in [-0.25, -0.2) is 4.79 Å². The van der Waals surface area contributed by atoms with Crippen LogP contribution < -0.4 is 14.8 Å². The van der Waals surface area contributed by atoms with Crippen LogP contribution in [0.2, 0.25) is 0 Å². The summed E-state index contributed by atoms with van der Waals surface area (Å²) in [7, 11) is 1.58. The second-order valence-corrected chi connectivity index (χ2v) is 4.75. The monoisotopic (exact) mass is 301 g/mol. The molecule has 0 saturated carbocycles.